The van der Waals surface area contributed by atoms with Crippen LogP contribution in [0.2, 0.25) is 0 Å². The fourth-order valence-electron chi connectivity index (χ4n) is 3.89. The Morgan fingerprint density at radius 3 is 2.44 bits per heavy atom. The molecule has 0 aliphatic heterocycles. The fraction of sp³-hybridized carbons (Fsp3) is 0.259. The smallest absolute Gasteiger partial charge is 0.354 e. The highest BCUT2D eigenvalue weighted by atomic mass is 19.4. The lowest BCUT2D eigenvalue weighted by atomic mass is 10.0. The SMILES string of the molecule is CC[C@@H](C)NC(=O)CCc1c(-c2ccccc2)nc2ccc(-c3cccc(C(F)(F)F)c3)cn12. The molecule has 2 aromatic heterocycles. The van der Waals surface area contributed by atoms with Gasteiger partial charge in [-0.25, -0.2) is 4.98 Å². The number of fused-ring (bicyclic) bond motifs is 1. The topological polar surface area (TPSA) is 46.4 Å². The van der Waals surface area contributed by atoms with E-state index in [9.17, 15) is 18.0 Å². The molecular weight excluding hydrogens is 439 g/mol. The van der Waals surface area contributed by atoms with E-state index in [1.165, 1.54) is 6.07 Å². The summed E-state index contributed by atoms with van der Waals surface area (Å²) in [7, 11) is 0. The number of imidazole rings is 1. The average molecular weight is 466 g/mol. The minimum absolute atomic E-state index is 0.0441. The van der Waals surface area contributed by atoms with Crippen molar-refractivity contribution >= 4 is 11.6 Å². The van der Waals surface area contributed by atoms with Crippen LogP contribution in [0.4, 0.5) is 13.2 Å². The quantitative estimate of drug-likeness (QED) is 0.337. The van der Waals surface area contributed by atoms with Gasteiger partial charge in [0.05, 0.1) is 17.0 Å². The van der Waals surface area contributed by atoms with E-state index >= 15 is 0 Å². The molecule has 1 amide bonds. The van der Waals surface area contributed by atoms with Crippen LogP contribution < -0.4 is 5.32 Å². The van der Waals surface area contributed by atoms with Gasteiger partial charge in [-0.1, -0.05) is 49.4 Å². The summed E-state index contributed by atoms with van der Waals surface area (Å²) >= 11 is 0. The van der Waals surface area contributed by atoms with Crippen molar-refractivity contribution in [2.24, 2.45) is 0 Å². The van der Waals surface area contributed by atoms with E-state index in [0.29, 0.717) is 23.2 Å². The van der Waals surface area contributed by atoms with Crippen LogP contribution in [0.1, 0.15) is 37.9 Å². The van der Waals surface area contributed by atoms with Crippen molar-refractivity contribution < 1.29 is 18.0 Å². The summed E-state index contributed by atoms with van der Waals surface area (Å²) < 4.78 is 41.6. The predicted octanol–water partition coefficient (Wildman–Crippen LogP) is 6.53. The van der Waals surface area contributed by atoms with Gasteiger partial charge in [0.1, 0.15) is 5.65 Å². The Morgan fingerprint density at radius 1 is 1.00 bits per heavy atom. The number of rotatable bonds is 7. The normalized spacial score (nSPS) is 12.6. The van der Waals surface area contributed by atoms with Crippen molar-refractivity contribution in [1.29, 1.82) is 0 Å². The third-order valence-electron chi connectivity index (χ3n) is 5.90. The second kappa shape index (κ2) is 9.71. The van der Waals surface area contributed by atoms with Crippen LogP contribution in [-0.2, 0) is 17.4 Å². The number of hydrogen-bond acceptors (Lipinski definition) is 2. The highest BCUT2D eigenvalue weighted by Crippen LogP contribution is 2.33. The molecule has 1 atom stereocenters. The molecule has 0 aliphatic carbocycles. The second-order valence-corrected chi connectivity index (χ2v) is 8.37. The van der Waals surface area contributed by atoms with Gasteiger partial charge in [-0.3, -0.25) is 4.79 Å². The van der Waals surface area contributed by atoms with Crippen molar-refractivity contribution in [1.82, 2.24) is 14.7 Å². The Bertz CT molecular complexity index is 1300. The van der Waals surface area contributed by atoms with E-state index in [4.69, 9.17) is 4.98 Å². The molecule has 0 fully saturated rings. The number of amides is 1. The summed E-state index contributed by atoms with van der Waals surface area (Å²) in [4.78, 5) is 17.2. The zero-order valence-electron chi connectivity index (χ0n) is 19.1. The molecule has 0 unspecified atom stereocenters. The molecule has 0 saturated heterocycles. The first-order valence-corrected chi connectivity index (χ1v) is 11.3. The number of pyridine rings is 1. The number of benzene rings is 2. The first-order chi connectivity index (χ1) is 16.3. The fourth-order valence-corrected chi connectivity index (χ4v) is 3.89. The van der Waals surface area contributed by atoms with Gasteiger partial charge in [-0.2, -0.15) is 13.2 Å². The standard InChI is InChI=1S/C27H26F3N3O/c1-3-18(2)31-25(34)15-13-23-26(19-8-5-4-6-9-19)32-24-14-12-21(17-33(23)24)20-10-7-11-22(16-20)27(28,29)30/h4-12,14,16-18H,3,13,15H2,1-2H3,(H,31,34)/t18-/m1/s1. The maximum absolute atomic E-state index is 13.2. The summed E-state index contributed by atoms with van der Waals surface area (Å²) in [6, 6.07) is 18.6. The Labute approximate surface area is 196 Å². The molecule has 0 aliphatic rings. The maximum atomic E-state index is 13.2. The summed E-state index contributed by atoms with van der Waals surface area (Å²) in [6.07, 6.45) is -1.04. The second-order valence-electron chi connectivity index (χ2n) is 8.37. The lowest BCUT2D eigenvalue weighted by Crippen LogP contribution is -2.32. The van der Waals surface area contributed by atoms with E-state index < -0.39 is 11.7 Å². The minimum Gasteiger partial charge on any atom is -0.354 e. The molecule has 0 spiro atoms. The van der Waals surface area contributed by atoms with Gasteiger partial charge in [0.2, 0.25) is 5.91 Å². The molecule has 7 heteroatoms. The average Bonchev–Trinajstić information content (AvgIpc) is 3.20. The molecule has 2 aromatic carbocycles. The summed E-state index contributed by atoms with van der Waals surface area (Å²) in [5.41, 5.74) is 3.61. The number of halogens is 3. The highest BCUT2D eigenvalue weighted by molar-refractivity contribution is 5.77. The van der Waals surface area contributed by atoms with Crippen molar-refractivity contribution in [3.05, 3.63) is 84.2 Å². The maximum Gasteiger partial charge on any atom is 0.416 e. The predicted molar refractivity (Wildman–Crippen MR) is 127 cm³/mol. The van der Waals surface area contributed by atoms with Crippen LogP contribution in [-0.4, -0.2) is 21.3 Å². The van der Waals surface area contributed by atoms with Crippen LogP contribution in [0.3, 0.4) is 0 Å². The zero-order chi connectivity index (χ0) is 24.3. The Morgan fingerprint density at radius 2 is 1.74 bits per heavy atom. The number of aryl methyl sites for hydroxylation is 1. The number of nitrogens with one attached hydrogen (secondary N) is 1. The first-order valence-electron chi connectivity index (χ1n) is 11.3. The minimum atomic E-state index is -4.41. The van der Waals surface area contributed by atoms with Gasteiger partial charge in [-0.15, -0.1) is 0 Å². The molecular formula is C27H26F3N3O. The van der Waals surface area contributed by atoms with Crippen molar-refractivity contribution in [2.45, 2.75) is 45.3 Å². The third-order valence-corrected chi connectivity index (χ3v) is 5.90. The lowest BCUT2D eigenvalue weighted by molar-refractivity contribution is -0.137. The molecule has 0 radical (unpaired) electrons. The van der Waals surface area contributed by atoms with Crippen LogP contribution in [0.25, 0.3) is 28.0 Å². The molecule has 4 nitrogen and oxygen atoms in total. The van der Waals surface area contributed by atoms with Gasteiger partial charge in [0.25, 0.3) is 0 Å². The monoisotopic (exact) mass is 465 g/mol. The molecule has 4 rings (SSSR count). The number of alkyl halides is 3. The number of carbonyl (C=O) groups is 1. The van der Waals surface area contributed by atoms with Crippen LogP contribution in [0, 0.1) is 0 Å². The summed E-state index contributed by atoms with van der Waals surface area (Å²) in [5, 5.41) is 2.98. The summed E-state index contributed by atoms with van der Waals surface area (Å²) in [5.74, 6) is -0.0441. The van der Waals surface area contributed by atoms with Crippen LogP contribution >= 0.6 is 0 Å². The van der Waals surface area contributed by atoms with E-state index in [-0.39, 0.29) is 18.4 Å². The Hall–Kier alpha value is -3.61. The molecule has 2 heterocycles. The Kier molecular flexibility index (Phi) is 6.72. The van der Waals surface area contributed by atoms with E-state index in [1.807, 2.05) is 48.6 Å². The number of nitrogens with zero attached hydrogens (tertiary/aromatic N) is 2. The van der Waals surface area contributed by atoms with Crippen molar-refractivity contribution in [3.8, 4) is 22.4 Å². The number of carbonyl (C=O) groups excluding carboxylic acids is 1. The number of aromatic nitrogens is 2. The molecule has 0 saturated carbocycles. The van der Waals surface area contributed by atoms with Gasteiger partial charge in [0, 0.05) is 24.2 Å². The molecule has 34 heavy (non-hydrogen) atoms. The molecule has 176 valence electrons. The third kappa shape index (κ3) is 5.14. The first kappa shape index (κ1) is 23.5. The van der Waals surface area contributed by atoms with Gasteiger partial charge >= 0.3 is 6.18 Å². The van der Waals surface area contributed by atoms with Crippen LogP contribution in [0.5, 0.6) is 0 Å². The van der Waals surface area contributed by atoms with Gasteiger partial charge < -0.3 is 9.72 Å². The van der Waals surface area contributed by atoms with E-state index in [1.54, 1.807) is 24.4 Å². The number of hydrogen-bond donors (Lipinski definition) is 1. The Balaban J connectivity index is 1.76. The van der Waals surface area contributed by atoms with Crippen molar-refractivity contribution in [2.75, 3.05) is 0 Å². The van der Waals surface area contributed by atoms with E-state index in [2.05, 4.69) is 5.32 Å². The van der Waals surface area contributed by atoms with Gasteiger partial charge in [-0.05, 0) is 55.2 Å². The molecule has 4 aromatic rings. The summed E-state index contributed by atoms with van der Waals surface area (Å²) in [6.45, 7) is 3.97. The van der Waals surface area contributed by atoms with Crippen molar-refractivity contribution in [3.63, 3.8) is 0 Å². The molecule has 0 bridgehead atoms. The largest absolute Gasteiger partial charge is 0.416 e. The van der Waals surface area contributed by atoms with E-state index in [0.717, 1.165) is 35.5 Å². The van der Waals surface area contributed by atoms with Gasteiger partial charge in [0.15, 0.2) is 0 Å². The lowest BCUT2D eigenvalue weighted by Gasteiger charge is -2.12. The van der Waals surface area contributed by atoms with Crippen LogP contribution in [0.15, 0.2) is 72.9 Å². The highest BCUT2D eigenvalue weighted by Gasteiger charge is 2.30. The molecule has 1 N–H and O–H groups in total. The zero-order valence-corrected chi connectivity index (χ0v) is 19.1.